The van der Waals surface area contributed by atoms with Gasteiger partial charge in [0.2, 0.25) is 0 Å². The first-order valence-corrected chi connectivity index (χ1v) is 10.5. The number of hydrogen-bond donors (Lipinski definition) is 0. The lowest BCUT2D eigenvalue weighted by Gasteiger charge is -2.32. The van der Waals surface area contributed by atoms with Crippen LogP contribution in [0.1, 0.15) is 23.1 Å². The number of aryl methyl sites for hydroxylation is 2. The maximum absolute atomic E-state index is 14.6. The molecule has 3 aromatic rings. The number of carbonyl (C=O) groups is 2. The Bertz CT molecular complexity index is 1280. The quantitative estimate of drug-likeness (QED) is 0.549. The Morgan fingerprint density at radius 1 is 0.844 bits per heavy atom. The predicted octanol–water partition coefficient (Wildman–Crippen LogP) is 5.01. The minimum Gasteiger partial charge on any atom is -0.336 e. The first kappa shape index (κ1) is 20.1. The molecular weight excluding hydrogens is 410 g/mol. The number of nitrogens with zero attached hydrogens (tertiary/aromatic N) is 2. The first-order valence-electron chi connectivity index (χ1n) is 10.5. The van der Waals surface area contributed by atoms with E-state index in [2.05, 4.69) is 0 Å². The van der Waals surface area contributed by atoms with Crippen molar-refractivity contribution in [2.24, 2.45) is 0 Å². The predicted molar refractivity (Wildman–Crippen MR) is 119 cm³/mol. The fourth-order valence-electron chi connectivity index (χ4n) is 4.39. The Labute approximate surface area is 184 Å². The molecule has 0 unspecified atom stereocenters. The van der Waals surface area contributed by atoms with Crippen molar-refractivity contribution in [2.75, 3.05) is 16.3 Å². The summed E-state index contributed by atoms with van der Waals surface area (Å²) in [5.74, 6) is -2.89. The lowest BCUT2D eigenvalue weighted by atomic mass is 9.98. The Balaban J connectivity index is 1.72. The highest BCUT2D eigenvalue weighted by Crippen LogP contribution is 2.40. The number of imide groups is 1. The number of anilines is 2. The van der Waals surface area contributed by atoms with Crippen LogP contribution >= 0.6 is 0 Å². The third kappa shape index (κ3) is 3.19. The van der Waals surface area contributed by atoms with E-state index in [1.165, 1.54) is 0 Å². The second kappa shape index (κ2) is 7.71. The van der Waals surface area contributed by atoms with Gasteiger partial charge in [-0.15, -0.1) is 0 Å². The third-order valence-electron chi connectivity index (χ3n) is 5.93. The molecule has 2 amide bonds. The SMILES string of the molecule is Cc1ccc(C2=C(N3CCCc4ccccc43)C(=O)N(c3cc(F)ccc3F)C2=O)cc1. The normalized spacial score (nSPS) is 16.1. The number of amides is 2. The second-order valence-electron chi connectivity index (χ2n) is 8.01. The largest absolute Gasteiger partial charge is 0.336 e. The number of fused-ring (bicyclic) bond motifs is 1. The molecule has 4 nitrogen and oxygen atoms in total. The fraction of sp³-hybridized carbons (Fsp3) is 0.154. The molecular formula is C26H20F2N2O2. The second-order valence-corrected chi connectivity index (χ2v) is 8.01. The van der Waals surface area contributed by atoms with Gasteiger partial charge in [0.1, 0.15) is 17.3 Å². The highest BCUT2D eigenvalue weighted by molar-refractivity contribution is 6.46. The highest BCUT2D eigenvalue weighted by Gasteiger charge is 2.44. The van der Waals surface area contributed by atoms with Crippen molar-refractivity contribution in [1.29, 1.82) is 0 Å². The molecule has 32 heavy (non-hydrogen) atoms. The molecule has 0 aliphatic carbocycles. The van der Waals surface area contributed by atoms with Gasteiger partial charge in [-0.3, -0.25) is 9.59 Å². The molecule has 2 aliphatic rings. The van der Waals surface area contributed by atoms with E-state index < -0.39 is 23.4 Å². The van der Waals surface area contributed by atoms with Crippen LogP contribution in [-0.2, 0) is 16.0 Å². The summed E-state index contributed by atoms with van der Waals surface area (Å²) in [6, 6.07) is 17.8. The molecule has 0 aromatic heterocycles. The van der Waals surface area contributed by atoms with Gasteiger partial charge in [0, 0.05) is 18.3 Å². The van der Waals surface area contributed by atoms with Crippen molar-refractivity contribution in [3.05, 3.63) is 101 Å². The van der Waals surface area contributed by atoms with E-state index in [4.69, 9.17) is 0 Å². The Morgan fingerprint density at radius 2 is 1.59 bits per heavy atom. The van der Waals surface area contributed by atoms with Crippen molar-refractivity contribution in [2.45, 2.75) is 19.8 Å². The van der Waals surface area contributed by atoms with Crippen LogP contribution in [0.15, 0.2) is 72.4 Å². The van der Waals surface area contributed by atoms with E-state index in [0.717, 1.165) is 52.8 Å². The maximum Gasteiger partial charge on any atom is 0.282 e. The van der Waals surface area contributed by atoms with Gasteiger partial charge in [0.15, 0.2) is 0 Å². The van der Waals surface area contributed by atoms with Crippen LogP contribution in [0.5, 0.6) is 0 Å². The number of halogens is 2. The summed E-state index contributed by atoms with van der Waals surface area (Å²) in [4.78, 5) is 29.8. The van der Waals surface area contributed by atoms with E-state index in [-0.39, 0.29) is 17.0 Å². The number of carbonyl (C=O) groups excluding carboxylic acids is 2. The van der Waals surface area contributed by atoms with Crippen LogP contribution < -0.4 is 9.80 Å². The van der Waals surface area contributed by atoms with Gasteiger partial charge in [0.25, 0.3) is 11.8 Å². The summed E-state index contributed by atoms with van der Waals surface area (Å²) in [6.07, 6.45) is 1.67. The minimum atomic E-state index is -0.836. The fourth-order valence-corrected chi connectivity index (χ4v) is 4.39. The molecule has 160 valence electrons. The number of rotatable bonds is 3. The summed E-state index contributed by atoms with van der Waals surface area (Å²) < 4.78 is 28.5. The average molecular weight is 430 g/mol. The lowest BCUT2D eigenvalue weighted by Crippen LogP contribution is -2.37. The van der Waals surface area contributed by atoms with Crippen molar-refractivity contribution < 1.29 is 18.4 Å². The standard InChI is InChI=1S/C26H20F2N2O2/c1-16-8-10-18(11-9-16)23-24(29-14-4-6-17-5-2-3-7-21(17)29)26(32)30(25(23)31)22-15-19(27)12-13-20(22)28/h2-3,5,7-13,15H,4,6,14H2,1H3. The maximum atomic E-state index is 14.6. The highest BCUT2D eigenvalue weighted by atomic mass is 19.1. The molecule has 2 aliphatic heterocycles. The van der Waals surface area contributed by atoms with Gasteiger partial charge < -0.3 is 4.90 Å². The average Bonchev–Trinajstić information content (AvgIpc) is 3.05. The molecule has 0 atom stereocenters. The molecule has 0 radical (unpaired) electrons. The topological polar surface area (TPSA) is 40.6 Å². The van der Waals surface area contributed by atoms with Gasteiger partial charge in [-0.1, -0.05) is 48.0 Å². The van der Waals surface area contributed by atoms with E-state index in [9.17, 15) is 18.4 Å². The molecule has 2 heterocycles. The van der Waals surface area contributed by atoms with Crippen LogP contribution in [0.2, 0.25) is 0 Å². The Morgan fingerprint density at radius 3 is 2.38 bits per heavy atom. The van der Waals surface area contributed by atoms with Gasteiger partial charge in [-0.25, -0.2) is 13.7 Å². The van der Waals surface area contributed by atoms with E-state index in [1.54, 1.807) is 12.1 Å². The van der Waals surface area contributed by atoms with Gasteiger partial charge in [0.05, 0.1) is 11.3 Å². The molecule has 0 fully saturated rings. The van der Waals surface area contributed by atoms with Crippen LogP contribution in [0.4, 0.5) is 20.2 Å². The van der Waals surface area contributed by atoms with Crippen LogP contribution in [0.25, 0.3) is 5.57 Å². The zero-order chi connectivity index (χ0) is 22.4. The molecule has 0 saturated heterocycles. The third-order valence-corrected chi connectivity index (χ3v) is 5.93. The van der Waals surface area contributed by atoms with Crippen molar-refractivity contribution in [3.8, 4) is 0 Å². The summed E-state index contributed by atoms with van der Waals surface area (Å²) in [6.45, 7) is 2.47. The molecule has 0 bridgehead atoms. The van der Waals surface area contributed by atoms with Gasteiger partial charge >= 0.3 is 0 Å². The van der Waals surface area contributed by atoms with E-state index >= 15 is 0 Å². The molecule has 0 saturated carbocycles. The van der Waals surface area contributed by atoms with Crippen LogP contribution in [0, 0.1) is 18.6 Å². The summed E-state index contributed by atoms with van der Waals surface area (Å²) in [5, 5.41) is 0. The Kier molecular flexibility index (Phi) is 4.85. The smallest absolute Gasteiger partial charge is 0.282 e. The van der Waals surface area contributed by atoms with Gasteiger partial charge in [-0.05, 0) is 49.1 Å². The number of para-hydroxylation sites is 1. The molecule has 0 spiro atoms. The van der Waals surface area contributed by atoms with E-state index in [0.29, 0.717) is 12.1 Å². The number of hydrogen-bond acceptors (Lipinski definition) is 3. The lowest BCUT2D eigenvalue weighted by molar-refractivity contribution is -0.120. The van der Waals surface area contributed by atoms with Crippen molar-refractivity contribution >= 4 is 28.8 Å². The zero-order valence-electron chi connectivity index (χ0n) is 17.4. The molecule has 0 N–H and O–H groups in total. The monoisotopic (exact) mass is 430 g/mol. The van der Waals surface area contributed by atoms with Crippen LogP contribution in [-0.4, -0.2) is 18.4 Å². The van der Waals surface area contributed by atoms with E-state index in [1.807, 2.05) is 48.2 Å². The summed E-state index contributed by atoms with van der Waals surface area (Å²) in [5.41, 5.74) is 3.48. The van der Waals surface area contributed by atoms with Gasteiger partial charge in [-0.2, -0.15) is 0 Å². The Hall–Kier alpha value is -3.80. The zero-order valence-corrected chi connectivity index (χ0v) is 17.4. The summed E-state index contributed by atoms with van der Waals surface area (Å²) in [7, 11) is 0. The summed E-state index contributed by atoms with van der Waals surface area (Å²) >= 11 is 0. The first-order chi connectivity index (χ1) is 15.5. The van der Waals surface area contributed by atoms with Crippen molar-refractivity contribution in [3.63, 3.8) is 0 Å². The van der Waals surface area contributed by atoms with Crippen molar-refractivity contribution in [1.82, 2.24) is 0 Å². The number of benzene rings is 3. The van der Waals surface area contributed by atoms with Crippen LogP contribution in [0.3, 0.4) is 0 Å². The molecule has 3 aromatic carbocycles. The molecule has 6 heteroatoms. The minimum absolute atomic E-state index is 0.190. The molecule has 5 rings (SSSR count).